The molecule has 1 aliphatic rings. The van der Waals surface area contributed by atoms with Gasteiger partial charge in [0.15, 0.2) is 0 Å². The van der Waals surface area contributed by atoms with Crippen molar-refractivity contribution in [1.82, 2.24) is 0 Å². The molecule has 1 aromatic heterocycles. The Morgan fingerprint density at radius 2 is 2.25 bits per heavy atom. The maximum absolute atomic E-state index is 10.9. The van der Waals surface area contributed by atoms with E-state index in [4.69, 9.17) is 4.74 Å². The van der Waals surface area contributed by atoms with E-state index in [1.54, 1.807) is 0 Å². The summed E-state index contributed by atoms with van der Waals surface area (Å²) in [6, 6.07) is 1.81. The quantitative estimate of drug-likeness (QED) is 0.486. The molecular weight excluding hydrogens is 295 g/mol. The summed E-state index contributed by atoms with van der Waals surface area (Å²) in [7, 11) is 0. The average molecular weight is 308 g/mol. The molecule has 3 N–H and O–H groups in total. The monoisotopic (exact) mass is 308 g/mol. The molecule has 1 aromatic rings. The fraction of sp³-hybridized carbons (Fsp3) is 0.417. The molecule has 20 heavy (non-hydrogen) atoms. The van der Waals surface area contributed by atoms with Crippen molar-refractivity contribution in [3.05, 3.63) is 34.2 Å². The van der Waals surface area contributed by atoms with Crippen molar-refractivity contribution in [3.63, 3.8) is 0 Å². The fourth-order valence-electron chi connectivity index (χ4n) is 1.81. The SMILES string of the molecule is O=C([O-])[C@]1(O)C=C(OCc2ccsc2)[C@@H](O)[C@H](O)C1.[Na+]. The van der Waals surface area contributed by atoms with Crippen LogP contribution < -0.4 is 34.7 Å². The van der Waals surface area contributed by atoms with Crippen LogP contribution >= 0.6 is 11.3 Å². The van der Waals surface area contributed by atoms with E-state index in [1.807, 2.05) is 16.8 Å². The topological polar surface area (TPSA) is 110 Å². The predicted octanol–water partition coefficient (Wildman–Crippen LogP) is -4.24. The third-order valence-electron chi connectivity index (χ3n) is 2.90. The smallest absolute Gasteiger partial charge is 0.547 e. The number of carbonyl (C=O) groups excluding carboxylic acids is 1. The molecule has 0 fully saturated rings. The molecule has 0 aromatic carbocycles. The van der Waals surface area contributed by atoms with E-state index in [0.29, 0.717) is 0 Å². The van der Waals surface area contributed by atoms with Crippen LogP contribution in [0.25, 0.3) is 0 Å². The standard InChI is InChI=1S/C12H14O6S.Na/c13-8-3-12(17,11(15)16)4-9(10(8)14)18-5-7-1-2-19-6-7;/h1-2,4,6,8,10,13-14,17H,3,5H2,(H,15,16);/q;+1/p-1/t8-,10+,12-;/m1./s1. The summed E-state index contributed by atoms with van der Waals surface area (Å²) in [5, 5.41) is 43.6. The largest absolute Gasteiger partial charge is 1.00 e. The van der Waals surface area contributed by atoms with Crippen LogP contribution in [0.15, 0.2) is 28.7 Å². The van der Waals surface area contributed by atoms with E-state index >= 15 is 0 Å². The Morgan fingerprint density at radius 3 is 2.80 bits per heavy atom. The van der Waals surface area contributed by atoms with Gasteiger partial charge in [0, 0.05) is 6.42 Å². The van der Waals surface area contributed by atoms with Crippen molar-refractivity contribution < 1.29 is 59.5 Å². The van der Waals surface area contributed by atoms with Crippen molar-refractivity contribution in [1.29, 1.82) is 0 Å². The number of carbonyl (C=O) groups is 1. The van der Waals surface area contributed by atoms with Gasteiger partial charge < -0.3 is 30.0 Å². The number of thiophene rings is 1. The molecule has 0 spiro atoms. The molecule has 0 amide bonds. The number of rotatable bonds is 4. The third-order valence-corrected chi connectivity index (χ3v) is 3.63. The Bertz CT molecular complexity index is 488. The van der Waals surface area contributed by atoms with E-state index in [-0.39, 0.29) is 41.9 Å². The second-order valence-corrected chi connectivity index (χ2v) is 5.18. The maximum Gasteiger partial charge on any atom is 1.00 e. The third kappa shape index (κ3) is 3.82. The van der Waals surface area contributed by atoms with Crippen LogP contribution in [0.2, 0.25) is 0 Å². The van der Waals surface area contributed by atoms with E-state index in [1.165, 1.54) is 11.3 Å². The molecule has 6 nitrogen and oxygen atoms in total. The second-order valence-electron chi connectivity index (χ2n) is 4.40. The van der Waals surface area contributed by atoms with Crippen LogP contribution in [0.5, 0.6) is 0 Å². The fourth-order valence-corrected chi connectivity index (χ4v) is 2.46. The molecule has 3 atom stereocenters. The molecule has 8 heteroatoms. The van der Waals surface area contributed by atoms with E-state index in [9.17, 15) is 25.2 Å². The zero-order valence-electron chi connectivity index (χ0n) is 10.9. The molecule has 0 saturated carbocycles. The minimum Gasteiger partial charge on any atom is -0.547 e. The summed E-state index contributed by atoms with van der Waals surface area (Å²) >= 11 is 1.47. The molecule has 0 saturated heterocycles. The van der Waals surface area contributed by atoms with Gasteiger partial charge in [-0.2, -0.15) is 11.3 Å². The number of aliphatic hydroxyl groups is 3. The first-order valence-electron chi connectivity index (χ1n) is 5.59. The molecule has 0 aliphatic heterocycles. The first kappa shape index (κ1) is 17.6. The van der Waals surface area contributed by atoms with Crippen molar-refractivity contribution in [3.8, 4) is 0 Å². The zero-order valence-corrected chi connectivity index (χ0v) is 13.7. The van der Waals surface area contributed by atoms with Gasteiger partial charge in [0.05, 0.1) is 12.1 Å². The number of hydrogen-bond donors (Lipinski definition) is 3. The molecule has 0 unspecified atom stereocenters. The van der Waals surface area contributed by atoms with Gasteiger partial charge in [0.1, 0.15) is 24.1 Å². The number of hydrogen-bond acceptors (Lipinski definition) is 7. The van der Waals surface area contributed by atoms with Crippen LogP contribution in [0.1, 0.15) is 12.0 Å². The Labute approximate surface area is 141 Å². The summed E-state index contributed by atoms with van der Waals surface area (Å²) in [5.74, 6) is -1.91. The molecule has 0 bridgehead atoms. The van der Waals surface area contributed by atoms with Crippen LogP contribution in [-0.2, 0) is 16.1 Å². The Morgan fingerprint density at radius 1 is 1.55 bits per heavy atom. The van der Waals surface area contributed by atoms with Gasteiger partial charge in [-0.25, -0.2) is 0 Å². The number of carboxylic acids is 1. The Balaban J connectivity index is 0.00000200. The minimum absolute atomic E-state index is 0. The van der Waals surface area contributed by atoms with Gasteiger partial charge in [0.2, 0.25) is 0 Å². The van der Waals surface area contributed by atoms with Crippen LogP contribution in [0.4, 0.5) is 0 Å². The van der Waals surface area contributed by atoms with Crippen LogP contribution in [0, 0.1) is 0 Å². The van der Waals surface area contributed by atoms with E-state index < -0.39 is 30.2 Å². The number of aliphatic carboxylic acids is 1. The summed E-state index contributed by atoms with van der Waals surface area (Å²) < 4.78 is 5.26. The molecule has 1 heterocycles. The first-order chi connectivity index (χ1) is 8.92. The van der Waals surface area contributed by atoms with Gasteiger partial charge in [-0.15, -0.1) is 0 Å². The Hall–Kier alpha value is -0.410. The normalized spacial score (nSPS) is 29.2. The van der Waals surface area contributed by atoms with Crippen molar-refractivity contribution >= 4 is 17.3 Å². The van der Waals surface area contributed by atoms with Gasteiger partial charge >= 0.3 is 29.6 Å². The first-order valence-corrected chi connectivity index (χ1v) is 6.53. The van der Waals surface area contributed by atoms with Crippen LogP contribution in [0.3, 0.4) is 0 Å². The summed E-state index contributed by atoms with van der Waals surface area (Å²) in [4.78, 5) is 10.9. The molecular formula is C12H13NaO6S. The Kier molecular flexibility index (Phi) is 6.21. The molecule has 2 rings (SSSR count). The summed E-state index contributed by atoms with van der Waals surface area (Å²) in [6.07, 6.45) is -2.45. The van der Waals surface area contributed by atoms with Gasteiger partial charge in [0.25, 0.3) is 0 Å². The number of aliphatic hydroxyl groups excluding tert-OH is 2. The predicted molar refractivity (Wildman–Crippen MR) is 63.8 cm³/mol. The zero-order chi connectivity index (χ0) is 14.0. The summed E-state index contributed by atoms with van der Waals surface area (Å²) in [5.41, 5.74) is -1.49. The van der Waals surface area contributed by atoms with Gasteiger partial charge in [-0.3, -0.25) is 0 Å². The van der Waals surface area contributed by atoms with Crippen molar-refractivity contribution in [2.75, 3.05) is 0 Å². The van der Waals surface area contributed by atoms with E-state index in [0.717, 1.165) is 11.6 Å². The van der Waals surface area contributed by atoms with Gasteiger partial charge in [-0.05, 0) is 28.5 Å². The molecule has 104 valence electrons. The second kappa shape index (κ2) is 7.04. The number of carboxylic acid groups (broad SMARTS) is 1. The van der Waals surface area contributed by atoms with Crippen molar-refractivity contribution in [2.45, 2.75) is 30.8 Å². The summed E-state index contributed by atoms with van der Waals surface area (Å²) in [6.45, 7) is 0.113. The molecule has 0 radical (unpaired) electrons. The van der Waals surface area contributed by atoms with Crippen LogP contribution in [-0.4, -0.2) is 39.1 Å². The average Bonchev–Trinajstić information content (AvgIpc) is 2.85. The van der Waals surface area contributed by atoms with Gasteiger partial charge in [-0.1, -0.05) is 0 Å². The maximum atomic E-state index is 10.9. The van der Waals surface area contributed by atoms with Crippen molar-refractivity contribution in [2.24, 2.45) is 0 Å². The minimum atomic E-state index is -2.33. The molecule has 1 aliphatic carbocycles. The number of ether oxygens (including phenoxy) is 1. The van der Waals surface area contributed by atoms with E-state index in [2.05, 4.69) is 0 Å².